The number of carbonyl (C=O) groups excluding carboxylic acids is 1. The number of carbonyl (C=O) groups is 1. The van der Waals surface area contributed by atoms with E-state index in [-0.39, 0.29) is 46.2 Å². The lowest BCUT2D eigenvalue weighted by atomic mass is 10.0. The van der Waals surface area contributed by atoms with Gasteiger partial charge in [0.1, 0.15) is 23.2 Å². The van der Waals surface area contributed by atoms with Crippen molar-refractivity contribution in [2.45, 2.75) is 25.6 Å². The van der Waals surface area contributed by atoms with Crippen molar-refractivity contribution in [3.05, 3.63) is 41.3 Å². The van der Waals surface area contributed by atoms with Gasteiger partial charge in [-0.25, -0.2) is 9.97 Å². The van der Waals surface area contributed by atoms with Crippen LogP contribution in [0.2, 0.25) is 0 Å². The Morgan fingerprint density at radius 3 is 2.57 bits per heavy atom. The number of H-pyrrole nitrogens is 1. The van der Waals surface area contributed by atoms with Crippen LogP contribution in [0.15, 0.2) is 24.3 Å². The zero-order valence-electron chi connectivity index (χ0n) is 16.0. The maximum atomic E-state index is 13.4. The number of aromatic amines is 1. The van der Waals surface area contributed by atoms with Gasteiger partial charge in [0.05, 0.1) is 23.4 Å². The second-order valence-electron chi connectivity index (χ2n) is 6.66. The summed E-state index contributed by atoms with van der Waals surface area (Å²) in [6.07, 6.45) is -4.65. The van der Waals surface area contributed by atoms with Gasteiger partial charge in [-0.3, -0.25) is 4.79 Å². The molecule has 156 valence electrons. The van der Waals surface area contributed by atoms with E-state index < -0.39 is 23.2 Å². The van der Waals surface area contributed by atoms with E-state index >= 15 is 0 Å². The first-order valence-corrected chi connectivity index (χ1v) is 8.73. The first-order valence-electron chi connectivity index (χ1n) is 8.73. The predicted molar refractivity (Wildman–Crippen MR) is 101 cm³/mol. The van der Waals surface area contributed by atoms with Crippen LogP contribution in [0, 0.1) is 11.3 Å². The first kappa shape index (κ1) is 21.1. The molecule has 0 radical (unpaired) electrons. The minimum atomic E-state index is -4.65. The third-order valence-electron chi connectivity index (χ3n) is 4.46. The van der Waals surface area contributed by atoms with Gasteiger partial charge in [0.15, 0.2) is 11.2 Å². The Kier molecular flexibility index (Phi) is 5.13. The third kappa shape index (κ3) is 3.65. The van der Waals surface area contributed by atoms with E-state index in [4.69, 9.17) is 16.2 Å². The molecule has 1 aromatic carbocycles. The number of nitrogens with one attached hydrogen (secondary N) is 1. The van der Waals surface area contributed by atoms with Crippen molar-refractivity contribution in [3.63, 3.8) is 0 Å². The summed E-state index contributed by atoms with van der Waals surface area (Å²) in [6, 6.07) is 6.77. The van der Waals surface area contributed by atoms with E-state index in [1.807, 2.05) is 6.07 Å². The van der Waals surface area contributed by atoms with Crippen LogP contribution in [0.3, 0.4) is 0 Å². The van der Waals surface area contributed by atoms with E-state index in [2.05, 4.69) is 15.0 Å². The van der Waals surface area contributed by atoms with Crippen molar-refractivity contribution < 1.29 is 22.7 Å². The van der Waals surface area contributed by atoms with Crippen molar-refractivity contribution in [1.29, 1.82) is 5.26 Å². The Labute approximate surface area is 168 Å². The summed E-state index contributed by atoms with van der Waals surface area (Å²) in [4.78, 5) is 22.7. The molecule has 1 atom stereocenters. The number of fused-ring (bicyclic) bond motifs is 1. The molecule has 0 saturated heterocycles. The molecular weight excluding hydrogens is 401 g/mol. The smallest absolute Gasteiger partial charge is 0.419 e. The average molecular weight is 418 g/mol. The maximum absolute atomic E-state index is 13.4. The Balaban J connectivity index is 2.20. The van der Waals surface area contributed by atoms with Gasteiger partial charge < -0.3 is 21.2 Å². The Hall–Kier alpha value is -3.65. The molecule has 0 spiro atoms. The lowest BCUT2D eigenvalue weighted by Crippen LogP contribution is -2.47. The van der Waals surface area contributed by atoms with Crippen molar-refractivity contribution in [2.24, 2.45) is 11.5 Å². The number of pyridine rings is 1. The number of ether oxygens (including phenoxy) is 1. The van der Waals surface area contributed by atoms with Crippen LogP contribution >= 0.6 is 0 Å². The number of primary amides is 1. The highest BCUT2D eigenvalue weighted by molar-refractivity contribution is 5.88. The molecule has 11 heteroatoms. The van der Waals surface area contributed by atoms with E-state index in [0.29, 0.717) is 0 Å². The molecule has 5 N–H and O–H groups in total. The minimum absolute atomic E-state index is 0.00289. The van der Waals surface area contributed by atoms with Gasteiger partial charge in [-0.2, -0.15) is 18.4 Å². The van der Waals surface area contributed by atoms with E-state index in [9.17, 15) is 23.2 Å². The van der Waals surface area contributed by atoms with Crippen molar-refractivity contribution in [2.75, 3.05) is 6.61 Å². The summed E-state index contributed by atoms with van der Waals surface area (Å²) >= 11 is 0. The number of hydrogen-bond donors (Lipinski definition) is 3. The Bertz CT molecular complexity index is 1180. The molecule has 2 aromatic heterocycles. The molecule has 0 saturated carbocycles. The SMILES string of the molecule is CCOc1ccc(-c2cc3[nH]c(C(C)(N)C(N)=O)nc3c(C#N)n2)cc1C(F)(F)F. The number of nitrogens with two attached hydrogens (primary N) is 2. The highest BCUT2D eigenvalue weighted by atomic mass is 19.4. The summed E-state index contributed by atoms with van der Waals surface area (Å²) < 4.78 is 45.4. The number of amides is 1. The van der Waals surface area contributed by atoms with E-state index in [1.165, 1.54) is 25.1 Å². The molecule has 2 heterocycles. The number of alkyl halides is 3. The van der Waals surface area contributed by atoms with Gasteiger partial charge in [-0.05, 0) is 38.1 Å². The van der Waals surface area contributed by atoms with E-state index in [0.717, 1.165) is 6.07 Å². The molecule has 0 bridgehead atoms. The molecule has 1 amide bonds. The Morgan fingerprint density at radius 2 is 2.00 bits per heavy atom. The molecule has 1 unspecified atom stereocenters. The normalized spacial score (nSPS) is 13.6. The van der Waals surface area contributed by atoms with Crippen LogP contribution < -0.4 is 16.2 Å². The number of hydrogen-bond acceptors (Lipinski definition) is 6. The van der Waals surface area contributed by atoms with Gasteiger partial charge in [0.2, 0.25) is 5.91 Å². The topological polar surface area (TPSA) is 144 Å². The number of imidazole rings is 1. The third-order valence-corrected chi connectivity index (χ3v) is 4.46. The molecule has 0 aliphatic carbocycles. The van der Waals surface area contributed by atoms with Gasteiger partial charge >= 0.3 is 6.18 Å². The molecule has 3 rings (SSSR count). The molecule has 8 nitrogen and oxygen atoms in total. The fourth-order valence-electron chi connectivity index (χ4n) is 2.79. The van der Waals surface area contributed by atoms with Crippen LogP contribution in [0.4, 0.5) is 13.2 Å². The molecule has 30 heavy (non-hydrogen) atoms. The second-order valence-corrected chi connectivity index (χ2v) is 6.66. The largest absolute Gasteiger partial charge is 0.493 e. The molecular formula is C19H17F3N6O2. The van der Waals surface area contributed by atoms with Gasteiger partial charge in [0.25, 0.3) is 0 Å². The average Bonchev–Trinajstić information content (AvgIpc) is 3.11. The van der Waals surface area contributed by atoms with Crippen LogP contribution in [-0.2, 0) is 16.5 Å². The molecule has 0 fully saturated rings. The standard InChI is InChI=1S/C19H17F3N6O2/c1-3-30-14-5-4-9(6-10(14)19(20,21)22)11-7-12-15(13(8-23)26-11)28-17(27-12)18(2,25)16(24)29/h4-7H,3,25H2,1-2H3,(H2,24,29)(H,27,28). The van der Waals surface area contributed by atoms with Crippen molar-refractivity contribution in [1.82, 2.24) is 15.0 Å². The van der Waals surface area contributed by atoms with Crippen molar-refractivity contribution >= 4 is 16.9 Å². The summed E-state index contributed by atoms with van der Waals surface area (Å²) in [7, 11) is 0. The summed E-state index contributed by atoms with van der Waals surface area (Å²) in [5.74, 6) is -1.16. The van der Waals surface area contributed by atoms with Crippen LogP contribution in [0.5, 0.6) is 5.75 Å². The first-order chi connectivity index (χ1) is 14.0. The number of aromatic nitrogens is 3. The molecule has 0 aliphatic rings. The number of halogens is 3. The van der Waals surface area contributed by atoms with E-state index in [1.54, 1.807) is 6.92 Å². The zero-order chi connectivity index (χ0) is 22.3. The van der Waals surface area contributed by atoms with Crippen LogP contribution in [-0.4, -0.2) is 27.5 Å². The highest BCUT2D eigenvalue weighted by Crippen LogP contribution is 2.39. The van der Waals surface area contributed by atoms with Gasteiger partial charge in [-0.15, -0.1) is 0 Å². The quantitative estimate of drug-likeness (QED) is 0.581. The number of benzene rings is 1. The number of rotatable bonds is 5. The fraction of sp³-hybridized carbons (Fsp3) is 0.263. The number of nitriles is 1. The predicted octanol–water partition coefficient (Wildman–Crippen LogP) is 2.57. The molecule has 3 aromatic rings. The second kappa shape index (κ2) is 7.31. The lowest BCUT2D eigenvalue weighted by Gasteiger charge is -2.16. The molecule has 0 aliphatic heterocycles. The van der Waals surface area contributed by atoms with Crippen LogP contribution in [0.1, 0.15) is 30.9 Å². The van der Waals surface area contributed by atoms with Crippen molar-refractivity contribution in [3.8, 4) is 23.1 Å². The summed E-state index contributed by atoms with van der Waals surface area (Å²) in [5, 5.41) is 9.44. The van der Waals surface area contributed by atoms with Gasteiger partial charge in [0, 0.05) is 5.56 Å². The highest BCUT2D eigenvalue weighted by Gasteiger charge is 2.35. The summed E-state index contributed by atoms with van der Waals surface area (Å²) in [6.45, 7) is 2.99. The minimum Gasteiger partial charge on any atom is -0.493 e. The summed E-state index contributed by atoms with van der Waals surface area (Å²) in [5.41, 5.74) is 9.03. The number of nitrogens with zero attached hydrogens (tertiary/aromatic N) is 3. The fourth-order valence-corrected chi connectivity index (χ4v) is 2.79. The maximum Gasteiger partial charge on any atom is 0.419 e. The van der Waals surface area contributed by atoms with Crippen LogP contribution in [0.25, 0.3) is 22.3 Å². The monoisotopic (exact) mass is 418 g/mol. The van der Waals surface area contributed by atoms with Gasteiger partial charge in [-0.1, -0.05) is 0 Å². The lowest BCUT2D eigenvalue weighted by molar-refractivity contribution is -0.138. The Morgan fingerprint density at radius 1 is 1.30 bits per heavy atom. The zero-order valence-corrected chi connectivity index (χ0v) is 16.0.